The summed E-state index contributed by atoms with van der Waals surface area (Å²) in [5, 5.41) is 4.09. The van der Waals surface area contributed by atoms with Crippen LogP contribution in [0.3, 0.4) is 0 Å². The van der Waals surface area contributed by atoms with Gasteiger partial charge in [-0.3, -0.25) is 0 Å². The molecule has 0 fully saturated rings. The summed E-state index contributed by atoms with van der Waals surface area (Å²) >= 11 is 0. The van der Waals surface area contributed by atoms with E-state index in [-0.39, 0.29) is 68.9 Å². The first-order valence-corrected chi connectivity index (χ1v) is 51.6. The lowest BCUT2D eigenvalue weighted by atomic mass is 9.33. The van der Waals surface area contributed by atoms with Gasteiger partial charge in [-0.05, 0) is 294 Å². The number of hydrogen-bond donors (Lipinski definition) is 0. The van der Waals surface area contributed by atoms with Crippen LogP contribution in [-0.2, 0) is 48.7 Å². The molecular weight excluding hydrogens is 1660 g/mol. The van der Waals surface area contributed by atoms with Crippen LogP contribution in [0.25, 0.3) is 0 Å². The minimum atomic E-state index is -2.87. The van der Waals surface area contributed by atoms with Gasteiger partial charge in [-0.2, -0.15) is 0 Å². The van der Waals surface area contributed by atoms with Gasteiger partial charge in [-0.1, -0.05) is 366 Å². The third-order valence-electron chi connectivity index (χ3n) is 30.6. The Kier molecular flexibility index (Phi) is 20.9. The molecule has 0 aliphatic carbocycles. The first-order chi connectivity index (χ1) is 64.1. The predicted molar refractivity (Wildman–Crippen MR) is 596 cm³/mol. The summed E-state index contributed by atoms with van der Waals surface area (Å²) in [6, 6.07) is 125. The second kappa shape index (κ2) is 31.5. The zero-order valence-electron chi connectivity index (χ0n) is 85.4. The number of anilines is 18. The van der Waals surface area contributed by atoms with Crippen molar-refractivity contribution in [2.45, 2.75) is 236 Å². The molecule has 6 aliphatic heterocycles. The molecule has 0 bridgehead atoms. The Hall–Kier alpha value is -12.5. The van der Waals surface area contributed by atoms with Crippen molar-refractivity contribution in [3.8, 4) is 0 Å². The van der Waals surface area contributed by atoms with E-state index < -0.39 is 8.80 Å². The van der Waals surface area contributed by atoms with Crippen molar-refractivity contribution in [2.75, 3.05) is 29.4 Å². The van der Waals surface area contributed by atoms with Gasteiger partial charge in [-0.25, -0.2) is 0 Å². The fourth-order valence-electron chi connectivity index (χ4n) is 22.7. The number of rotatable bonds is 9. The molecule has 6 nitrogen and oxygen atoms in total. The molecule has 0 saturated carbocycles. The van der Waals surface area contributed by atoms with Crippen LogP contribution >= 0.6 is 0 Å². The molecule has 6 aliphatic rings. The number of fused-ring (bicyclic) bond motifs is 12. The van der Waals surface area contributed by atoms with E-state index in [2.05, 4.69) is 526 Å². The summed E-state index contributed by atoms with van der Waals surface area (Å²) in [5.74, 6) is 0. The van der Waals surface area contributed by atoms with Crippen molar-refractivity contribution in [1.82, 2.24) is 0 Å². The van der Waals surface area contributed by atoms with Crippen LogP contribution < -0.4 is 94.1 Å². The zero-order chi connectivity index (χ0) is 95.9. The molecule has 0 N–H and O–H groups in total. The van der Waals surface area contributed by atoms with Crippen LogP contribution in [0.4, 0.5) is 102 Å². The Bertz CT molecular complexity index is 6550. The highest BCUT2D eigenvalue weighted by atomic mass is 28.3. The van der Waals surface area contributed by atoms with Gasteiger partial charge in [0, 0.05) is 102 Å². The van der Waals surface area contributed by atoms with Crippen LogP contribution in [0.15, 0.2) is 309 Å². The van der Waals surface area contributed by atoms with Crippen molar-refractivity contribution in [2.24, 2.45) is 0 Å². The average molecular weight is 1790 g/mol. The van der Waals surface area contributed by atoms with Gasteiger partial charge in [0.05, 0.1) is 0 Å². The fourth-order valence-corrected chi connectivity index (χ4v) is 25.8. The van der Waals surface area contributed by atoms with Crippen LogP contribution in [0.1, 0.15) is 237 Å². The molecule has 21 rings (SSSR count). The van der Waals surface area contributed by atoms with Crippen molar-refractivity contribution in [3.63, 3.8) is 0 Å². The molecule has 0 spiro atoms. The largest absolute Gasteiger partial charge is 0.311 e. The standard InChI is InChI=1S/C126H133B3N6Si/c1-118(2,3)79-37-52-88(53-38-79)130-103-67-49-85(124(19,20)21)73-97(103)127-100-76-94(64-70-106(100)133(112-34-28-31-109(130)115(112)127)91-58-43-82(44-59-91)121(10,11)12)136(95-65-71-107-101(77-95)128-98-74-86(125(22,23)24)50-68-104(98)131(89-54-39-80(40-55-89)119(4,5)6)110-32-29-35-113(116(110)128)134(107)92-60-45-83(46-61-92)122(13,14)15)96-66-72-108-102(78-96)129-99-75-87(126(25,26)27)51-69-105(99)132(90-56-41-81(42-57-90)120(7,8)9)111-33-30-36-114(117(111)129)135(108)93-62-47-84(48-63-93)123(16,17)18/h28-78,136H,1-27H3. The average Bonchev–Trinajstić information content (AvgIpc) is 0.702. The van der Waals surface area contributed by atoms with E-state index in [1.165, 1.54) is 183 Å². The van der Waals surface area contributed by atoms with E-state index in [1.54, 1.807) is 0 Å². The van der Waals surface area contributed by atoms with E-state index in [0.29, 0.717) is 0 Å². The Morgan fingerprint density at radius 2 is 0.301 bits per heavy atom. The third kappa shape index (κ3) is 15.1. The molecule has 680 valence electrons. The maximum absolute atomic E-state index is 2.87. The minimum absolute atomic E-state index is 0.0262. The van der Waals surface area contributed by atoms with Gasteiger partial charge in [0.1, 0.15) is 8.80 Å². The van der Waals surface area contributed by atoms with Gasteiger partial charge in [0.25, 0.3) is 20.1 Å². The van der Waals surface area contributed by atoms with Gasteiger partial charge >= 0.3 is 0 Å². The van der Waals surface area contributed by atoms with Gasteiger partial charge < -0.3 is 29.4 Å². The summed E-state index contributed by atoms with van der Waals surface area (Å²) in [6.07, 6.45) is 0. The van der Waals surface area contributed by atoms with Crippen molar-refractivity contribution in [3.05, 3.63) is 359 Å². The lowest BCUT2D eigenvalue weighted by Gasteiger charge is -2.45. The van der Waals surface area contributed by atoms with Crippen LogP contribution in [0, 0.1) is 0 Å². The maximum atomic E-state index is 2.77. The van der Waals surface area contributed by atoms with E-state index in [9.17, 15) is 0 Å². The highest BCUT2D eigenvalue weighted by molar-refractivity contribution is 7.04. The first kappa shape index (κ1) is 90.0. The third-order valence-corrected chi connectivity index (χ3v) is 33.7. The summed E-state index contributed by atoms with van der Waals surface area (Å²) in [6.45, 7) is 62.9. The van der Waals surface area contributed by atoms with Crippen molar-refractivity contribution < 1.29 is 0 Å². The lowest BCUT2D eigenvalue weighted by molar-refractivity contribution is 0.590. The molecule has 0 aromatic heterocycles. The molecule has 136 heavy (non-hydrogen) atoms. The zero-order valence-corrected chi connectivity index (χ0v) is 86.6. The fraction of sp³-hybridized carbons (Fsp3) is 0.286. The van der Waals surface area contributed by atoms with Gasteiger partial charge in [0.2, 0.25) is 0 Å². The van der Waals surface area contributed by atoms with Gasteiger partial charge in [-0.15, -0.1) is 0 Å². The molecule has 15 aromatic rings. The smallest absolute Gasteiger partial charge is 0.252 e. The number of nitrogens with zero attached hydrogens (tertiary/aromatic N) is 6. The molecule has 15 aromatic carbocycles. The molecule has 0 saturated heterocycles. The molecule has 10 heteroatoms. The van der Waals surface area contributed by atoms with E-state index in [4.69, 9.17) is 0 Å². The summed E-state index contributed by atoms with van der Waals surface area (Å²) in [7, 11) is -2.87. The summed E-state index contributed by atoms with van der Waals surface area (Å²) in [5.41, 5.74) is 44.3. The van der Waals surface area contributed by atoms with Crippen LogP contribution in [0.2, 0.25) is 0 Å². The lowest BCUT2D eigenvalue weighted by Crippen LogP contribution is -2.65. The number of hydrogen-bond acceptors (Lipinski definition) is 6. The van der Waals surface area contributed by atoms with E-state index in [1.807, 2.05) is 0 Å². The molecular formula is C126H133B3N6Si. The Morgan fingerprint density at radius 3 is 0.463 bits per heavy atom. The maximum Gasteiger partial charge on any atom is 0.252 e. The molecule has 0 amide bonds. The number of benzene rings is 15. The monoisotopic (exact) mass is 1790 g/mol. The van der Waals surface area contributed by atoms with Gasteiger partial charge in [0.15, 0.2) is 0 Å². The topological polar surface area (TPSA) is 19.4 Å². The molecule has 6 heterocycles. The Balaban J connectivity index is 0.870. The SMILES string of the molecule is CC(C)(C)c1ccc(N2c3ccc([SiH](c4ccc5c(c4)B4c6cc(C(C)(C)C)ccc6N(c6ccc(C(C)(C)C)cc6)c6cccc(c64)N5c4ccc(C(C)(C)C)cc4)c4ccc5c(c4)B4c6cc(C(C)(C)C)ccc6N(c6ccc(C(C)(C)C)cc6)c6cccc(c64)N5c4ccc(C(C)(C)C)cc4)cc3B3c4cc(C(C)(C)C)ccc4N(c4ccc(C(C)(C)C)cc4)c4cccc2c43)cc1. The van der Waals surface area contributed by atoms with Crippen molar-refractivity contribution in [1.29, 1.82) is 0 Å². The highest BCUT2D eigenvalue weighted by Crippen LogP contribution is 2.51. The second-order valence-corrected chi connectivity index (χ2v) is 52.0. The Labute approximate surface area is 814 Å². The van der Waals surface area contributed by atoms with E-state index >= 15 is 0 Å². The molecule has 0 radical (unpaired) electrons. The summed E-state index contributed by atoms with van der Waals surface area (Å²) < 4.78 is 0. The highest BCUT2D eigenvalue weighted by Gasteiger charge is 2.50. The second-order valence-electron chi connectivity index (χ2n) is 49.2. The minimum Gasteiger partial charge on any atom is -0.311 e. The quantitative estimate of drug-likeness (QED) is 0.105. The Morgan fingerprint density at radius 1 is 0.154 bits per heavy atom. The summed E-state index contributed by atoms with van der Waals surface area (Å²) in [4.78, 5) is 15.7. The first-order valence-electron chi connectivity index (χ1n) is 49.8. The van der Waals surface area contributed by atoms with Crippen molar-refractivity contribution >= 4 is 196 Å². The van der Waals surface area contributed by atoms with Crippen LogP contribution in [-0.4, -0.2) is 28.9 Å². The predicted octanol–water partition coefficient (Wildman–Crippen LogP) is 25.9. The molecule has 0 unspecified atom stereocenters. The van der Waals surface area contributed by atoms with E-state index in [0.717, 1.165) is 34.1 Å². The normalized spacial score (nSPS) is 14.5. The van der Waals surface area contributed by atoms with Crippen LogP contribution in [0.5, 0.6) is 0 Å². The molecule has 0 atom stereocenters.